The minimum Gasteiger partial charge on any atom is -0.338 e. The molecular weight excluding hydrogens is 347 g/mol. The van der Waals surface area contributed by atoms with E-state index >= 15 is 0 Å². The van der Waals surface area contributed by atoms with Crippen LogP contribution in [-0.2, 0) is 16.8 Å². The first-order valence-corrected chi connectivity index (χ1v) is 9.62. The molecule has 0 radical (unpaired) electrons. The summed E-state index contributed by atoms with van der Waals surface area (Å²) in [5.74, 6) is -0.0546. The van der Waals surface area contributed by atoms with Gasteiger partial charge in [0, 0.05) is 40.3 Å². The van der Waals surface area contributed by atoms with E-state index in [1.807, 2.05) is 0 Å². The van der Waals surface area contributed by atoms with Crippen molar-refractivity contribution in [2.75, 3.05) is 33.7 Å². The zero-order valence-corrected chi connectivity index (χ0v) is 15.4. The molecule has 0 aromatic heterocycles. The fourth-order valence-electron chi connectivity index (χ4n) is 2.66. The Morgan fingerprint density at radius 2 is 1.80 bits per heavy atom. The molecule has 0 spiro atoms. The highest BCUT2D eigenvalue weighted by Crippen LogP contribution is 2.19. The van der Waals surface area contributed by atoms with Crippen LogP contribution >= 0.6 is 0 Å². The van der Waals surface area contributed by atoms with Crippen molar-refractivity contribution < 1.29 is 17.6 Å². The second-order valence-corrected chi connectivity index (χ2v) is 8.46. The molecule has 0 saturated carbocycles. The monoisotopic (exact) mass is 372 g/mol. The van der Waals surface area contributed by atoms with Gasteiger partial charge >= 0.3 is 6.03 Å². The summed E-state index contributed by atoms with van der Waals surface area (Å²) in [6.07, 6.45) is 1.43. The Morgan fingerprint density at radius 3 is 2.36 bits per heavy atom. The third-order valence-corrected chi connectivity index (χ3v) is 6.22. The van der Waals surface area contributed by atoms with Crippen LogP contribution in [0.2, 0.25) is 0 Å². The molecule has 1 aromatic carbocycles. The Bertz CT molecular complexity index is 671. The number of benzene rings is 1. The number of hydrogen-bond donors (Lipinski definition) is 2. The van der Waals surface area contributed by atoms with Gasteiger partial charge < -0.3 is 10.6 Å². The smallest absolute Gasteiger partial charge is 0.315 e. The average molecular weight is 372 g/mol. The summed E-state index contributed by atoms with van der Waals surface area (Å²) >= 11 is 0. The van der Waals surface area contributed by atoms with Crippen molar-refractivity contribution in [2.24, 2.45) is 5.92 Å². The average Bonchev–Trinajstić information content (AvgIpc) is 2.59. The van der Waals surface area contributed by atoms with Crippen LogP contribution in [0.3, 0.4) is 0 Å². The summed E-state index contributed by atoms with van der Waals surface area (Å²) in [5.41, 5.74) is 0.818. The van der Waals surface area contributed by atoms with E-state index in [2.05, 4.69) is 10.6 Å². The van der Waals surface area contributed by atoms with Gasteiger partial charge in [-0.2, -0.15) is 17.0 Å². The third-order valence-electron chi connectivity index (χ3n) is 4.28. The number of rotatable bonds is 6. The van der Waals surface area contributed by atoms with Crippen molar-refractivity contribution in [1.82, 2.24) is 19.2 Å². The summed E-state index contributed by atoms with van der Waals surface area (Å²) in [5, 5.41) is 5.53. The third kappa shape index (κ3) is 5.65. The summed E-state index contributed by atoms with van der Waals surface area (Å²) in [6.45, 7) is 1.75. The first-order chi connectivity index (χ1) is 11.8. The summed E-state index contributed by atoms with van der Waals surface area (Å²) in [7, 11) is -0.312. The molecule has 2 N–H and O–H groups in total. The van der Waals surface area contributed by atoms with E-state index in [0.717, 1.165) is 5.56 Å². The van der Waals surface area contributed by atoms with Gasteiger partial charge in [0.25, 0.3) is 10.2 Å². The van der Waals surface area contributed by atoms with Gasteiger partial charge in [0.1, 0.15) is 5.82 Å². The van der Waals surface area contributed by atoms with Crippen LogP contribution < -0.4 is 10.6 Å². The summed E-state index contributed by atoms with van der Waals surface area (Å²) in [4.78, 5) is 11.8. The van der Waals surface area contributed by atoms with Crippen LogP contribution in [0.15, 0.2) is 24.3 Å². The van der Waals surface area contributed by atoms with Crippen LogP contribution in [0.1, 0.15) is 18.4 Å². The number of amides is 2. The largest absolute Gasteiger partial charge is 0.338 e. The highest BCUT2D eigenvalue weighted by Gasteiger charge is 2.29. The zero-order valence-electron chi connectivity index (χ0n) is 14.5. The maximum absolute atomic E-state index is 12.8. The normalized spacial score (nSPS) is 16.8. The number of nitrogens with zero attached hydrogens (tertiary/aromatic N) is 2. The minimum atomic E-state index is -3.36. The molecule has 0 aliphatic carbocycles. The molecule has 2 amide bonds. The number of piperidine rings is 1. The van der Waals surface area contributed by atoms with Crippen molar-refractivity contribution in [3.8, 4) is 0 Å². The molecule has 2 rings (SSSR count). The molecule has 1 saturated heterocycles. The molecule has 7 nitrogen and oxygen atoms in total. The predicted molar refractivity (Wildman–Crippen MR) is 93.5 cm³/mol. The van der Waals surface area contributed by atoms with Crippen molar-refractivity contribution >= 4 is 16.2 Å². The highest BCUT2D eigenvalue weighted by atomic mass is 32.2. The van der Waals surface area contributed by atoms with Crippen molar-refractivity contribution in [3.05, 3.63) is 35.6 Å². The van der Waals surface area contributed by atoms with E-state index in [1.165, 1.54) is 34.8 Å². The Labute approximate surface area is 148 Å². The lowest BCUT2D eigenvalue weighted by Crippen LogP contribution is -2.46. The first kappa shape index (κ1) is 19.6. The number of carbonyl (C=O) groups excluding carboxylic acids is 1. The Hall–Kier alpha value is -1.71. The Kier molecular flexibility index (Phi) is 6.74. The quantitative estimate of drug-likeness (QED) is 0.786. The van der Waals surface area contributed by atoms with Crippen molar-refractivity contribution in [3.63, 3.8) is 0 Å². The molecule has 140 valence electrons. The van der Waals surface area contributed by atoms with E-state index in [4.69, 9.17) is 0 Å². The summed E-state index contributed by atoms with van der Waals surface area (Å²) < 4.78 is 39.6. The van der Waals surface area contributed by atoms with Crippen molar-refractivity contribution in [2.45, 2.75) is 19.4 Å². The zero-order chi connectivity index (χ0) is 18.4. The lowest BCUT2D eigenvalue weighted by Gasteiger charge is -2.32. The fraction of sp³-hybridized carbons (Fsp3) is 0.562. The second kappa shape index (κ2) is 8.59. The van der Waals surface area contributed by atoms with Gasteiger partial charge in [-0.25, -0.2) is 9.18 Å². The molecule has 1 fully saturated rings. The van der Waals surface area contributed by atoms with Crippen LogP contribution in [0.25, 0.3) is 0 Å². The molecule has 1 aromatic rings. The van der Waals surface area contributed by atoms with E-state index < -0.39 is 10.2 Å². The highest BCUT2D eigenvalue weighted by molar-refractivity contribution is 7.86. The molecule has 1 aliphatic rings. The Balaban J connectivity index is 1.68. The maximum atomic E-state index is 12.8. The van der Waals surface area contributed by atoms with Gasteiger partial charge in [-0.1, -0.05) is 12.1 Å². The van der Waals surface area contributed by atoms with Gasteiger partial charge in [0.15, 0.2) is 0 Å². The van der Waals surface area contributed by atoms with Crippen LogP contribution in [0.4, 0.5) is 9.18 Å². The topological polar surface area (TPSA) is 81.8 Å². The summed E-state index contributed by atoms with van der Waals surface area (Å²) in [6, 6.07) is 5.66. The van der Waals surface area contributed by atoms with E-state index in [1.54, 1.807) is 12.1 Å². The van der Waals surface area contributed by atoms with Crippen molar-refractivity contribution in [1.29, 1.82) is 0 Å². The number of urea groups is 1. The number of halogens is 1. The number of nitrogens with one attached hydrogen (secondary N) is 2. The van der Waals surface area contributed by atoms with E-state index in [0.29, 0.717) is 39.0 Å². The minimum absolute atomic E-state index is 0.255. The van der Waals surface area contributed by atoms with E-state index in [9.17, 15) is 17.6 Å². The SMILES string of the molecule is CN(C)S(=O)(=O)N1CCC(CNC(=O)NCc2ccc(F)cc2)CC1. The molecule has 1 aliphatic heterocycles. The predicted octanol–water partition coefficient (Wildman–Crippen LogP) is 1.14. The first-order valence-electron chi connectivity index (χ1n) is 8.23. The van der Waals surface area contributed by atoms with Crippen LogP contribution in [0, 0.1) is 11.7 Å². The van der Waals surface area contributed by atoms with Crippen LogP contribution in [-0.4, -0.2) is 56.8 Å². The van der Waals surface area contributed by atoms with Gasteiger partial charge in [-0.05, 0) is 36.5 Å². The van der Waals surface area contributed by atoms with E-state index in [-0.39, 0.29) is 17.8 Å². The van der Waals surface area contributed by atoms with Gasteiger partial charge in [-0.15, -0.1) is 0 Å². The standard InChI is InChI=1S/C16H25FN4O3S/c1-20(2)25(23,24)21-9-7-14(8-10-21)12-19-16(22)18-11-13-3-5-15(17)6-4-13/h3-6,14H,7-12H2,1-2H3,(H2,18,19,22). The molecular formula is C16H25FN4O3S. The molecule has 9 heteroatoms. The Morgan fingerprint density at radius 1 is 1.20 bits per heavy atom. The lowest BCUT2D eigenvalue weighted by atomic mass is 9.98. The number of carbonyl (C=O) groups is 1. The molecule has 0 bridgehead atoms. The maximum Gasteiger partial charge on any atom is 0.315 e. The van der Waals surface area contributed by atoms with Gasteiger partial charge in [-0.3, -0.25) is 0 Å². The van der Waals surface area contributed by atoms with Crippen LogP contribution in [0.5, 0.6) is 0 Å². The fourth-order valence-corrected chi connectivity index (χ4v) is 3.79. The molecule has 0 atom stereocenters. The molecule has 0 unspecified atom stereocenters. The lowest BCUT2D eigenvalue weighted by molar-refractivity contribution is 0.229. The molecule has 1 heterocycles. The van der Waals surface area contributed by atoms with Gasteiger partial charge in [0.05, 0.1) is 0 Å². The van der Waals surface area contributed by atoms with Gasteiger partial charge in [0.2, 0.25) is 0 Å². The second-order valence-electron chi connectivity index (χ2n) is 6.32. The number of hydrogen-bond acceptors (Lipinski definition) is 3. The molecule has 25 heavy (non-hydrogen) atoms.